The van der Waals surface area contributed by atoms with Crippen LogP contribution in [0.2, 0.25) is 0 Å². The number of rotatable bonds is 5. The first kappa shape index (κ1) is 21.0. The van der Waals surface area contributed by atoms with Gasteiger partial charge >= 0.3 is 0 Å². The van der Waals surface area contributed by atoms with Gasteiger partial charge in [0.1, 0.15) is 12.5 Å². The van der Waals surface area contributed by atoms with Crippen LogP contribution in [0.5, 0.6) is 0 Å². The fraction of sp³-hybridized carbons (Fsp3) is 0.217. The molecule has 0 atom stereocenters. The van der Waals surface area contributed by atoms with Crippen molar-refractivity contribution in [1.29, 1.82) is 0 Å². The molecule has 0 aliphatic rings. The van der Waals surface area contributed by atoms with Crippen molar-refractivity contribution in [2.75, 3.05) is 4.31 Å². The van der Waals surface area contributed by atoms with Gasteiger partial charge in [-0.05, 0) is 57.2 Å². The van der Waals surface area contributed by atoms with Crippen LogP contribution in [0, 0.1) is 0 Å². The van der Waals surface area contributed by atoms with Crippen LogP contribution in [0.4, 0.5) is 10.2 Å². The quantitative estimate of drug-likeness (QED) is 0.445. The molecule has 0 saturated heterocycles. The summed E-state index contributed by atoms with van der Waals surface area (Å²) in [6.07, 6.45) is 1.68. The molecule has 0 N–H and O–H groups in total. The Hall–Kier alpha value is -3.26. The molecule has 0 bridgehead atoms. The second kappa shape index (κ2) is 7.77. The topological polar surface area (TPSA) is 68.1 Å². The number of pyridine rings is 1. The van der Waals surface area contributed by atoms with Gasteiger partial charge in [-0.25, -0.2) is 21.8 Å². The van der Waals surface area contributed by atoms with E-state index in [2.05, 4.69) is 10.1 Å². The molecule has 160 valence electrons. The molecule has 31 heavy (non-hydrogen) atoms. The van der Waals surface area contributed by atoms with E-state index in [9.17, 15) is 12.8 Å². The van der Waals surface area contributed by atoms with Crippen LogP contribution in [0.3, 0.4) is 0 Å². The van der Waals surface area contributed by atoms with Crippen molar-refractivity contribution in [1.82, 2.24) is 14.8 Å². The largest absolute Gasteiger partial charge is 0.265 e. The van der Waals surface area contributed by atoms with E-state index < -0.39 is 22.2 Å². The van der Waals surface area contributed by atoms with E-state index in [0.717, 1.165) is 10.9 Å². The van der Waals surface area contributed by atoms with Gasteiger partial charge in [-0.1, -0.05) is 24.3 Å². The molecular weight excluding hydrogens is 415 g/mol. The zero-order valence-corrected chi connectivity index (χ0v) is 18.3. The number of sulfonamides is 1. The summed E-state index contributed by atoms with van der Waals surface area (Å²) in [5.41, 5.74) is 0.658. The lowest BCUT2D eigenvalue weighted by atomic mass is 10.1. The fourth-order valence-corrected chi connectivity index (χ4v) is 5.41. The van der Waals surface area contributed by atoms with E-state index >= 15 is 0 Å². The Morgan fingerprint density at radius 3 is 2.42 bits per heavy atom. The Labute approximate surface area is 181 Å². The molecule has 0 unspecified atom stereocenters. The maximum Gasteiger partial charge on any atom is 0.265 e. The smallest absolute Gasteiger partial charge is 0.256 e. The van der Waals surface area contributed by atoms with Crippen LogP contribution in [0.1, 0.15) is 26.5 Å². The molecule has 0 spiro atoms. The van der Waals surface area contributed by atoms with Crippen LogP contribution < -0.4 is 4.31 Å². The maximum atomic E-state index is 13.7. The minimum atomic E-state index is -3.96. The number of fused-ring (bicyclic) bond motifs is 1. The Morgan fingerprint density at radius 1 is 1.00 bits per heavy atom. The predicted octanol–water partition coefficient (Wildman–Crippen LogP) is 4.88. The van der Waals surface area contributed by atoms with E-state index in [4.69, 9.17) is 0 Å². The molecule has 0 fully saturated rings. The van der Waals surface area contributed by atoms with Crippen LogP contribution >= 0.6 is 0 Å². The average molecular weight is 439 g/mol. The van der Waals surface area contributed by atoms with Gasteiger partial charge in [0, 0.05) is 23.2 Å². The summed E-state index contributed by atoms with van der Waals surface area (Å²) in [6.45, 7) is 4.58. The summed E-state index contributed by atoms with van der Waals surface area (Å²) in [7, 11) is -3.96. The van der Waals surface area contributed by atoms with Crippen molar-refractivity contribution in [3.05, 3.63) is 78.6 Å². The zero-order chi connectivity index (χ0) is 22.2. The molecule has 0 aliphatic heterocycles. The van der Waals surface area contributed by atoms with Gasteiger partial charge in [0.2, 0.25) is 0 Å². The number of anilines is 1. The lowest BCUT2D eigenvalue weighted by Gasteiger charge is -2.36. The lowest BCUT2D eigenvalue weighted by molar-refractivity contribution is 0.473. The van der Waals surface area contributed by atoms with Gasteiger partial charge in [0.15, 0.2) is 0 Å². The van der Waals surface area contributed by atoms with Crippen molar-refractivity contribution in [3.8, 4) is 5.69 Å². The SMILES string of the molecule is CC(C)(C)N(c1cc(CF)nn1-c1cccc2ncccc12)S(=O)(=O)c1ccccc1. The number of nitrogens with zero attached hydrogens (tertiary/aromatic N) is 4. The van der Waals surface area contributed by atoms with Gasteiger partial charge in [-0.2, -0.15) is 5.10 Å². The molecule has 8 heteroatoms. The van der Waals surface area contributed by atoms with Crippen molar-refractivity contribution in [2.45, 2.75) is 37.9 Å². The summed E-state index contributed by atoms with van der Waals surface area (Å²) >= 11 is 0. The van der Waals surface area contributed by atoms with Gasteiger partial charge in [-0.15, -0.1) is 0 Å². The number of alkyl halides is 1. The van der Waals surface area contributed by atoms with E-state index in [-0.39, 0.29) is 16.4 Å². The molecular formula is C23H23FN4O2S. The fourth-order valence-electron chi connectivity index (χ4n) is 3.60. The van der Waals surface area contributed by atoms with Crippen LogP contribution in [-0.2, 0) is 16.7 Å². The first-order valence-electron chi connectivity index (χ1n) is 9.83. The molecule has 2 aromatic carbocycles. The van der Waals surface area contributed by atoms with E-state index in [1.807, 2.05) is 24.3 Å². The summed E-state index contributed by atoms with van der Waals surface area (Å²) in [4.78, 5) is 4.52. The van der Waals surface area contributed by atoms with Crippen LogP contribution in [0.25, 0.3) is 16.6 Å². The monoisotopic (exact) mass is 438 g/mol. The average Bonchev–Trinajstić information content (AvgIpc) is 3.16. The van der Waals surface area contributed by atoms with E-state index in [1.54, 1.807) is 63.4 Å². The zero-order valence-electron chi connectivity index (χ0n) is 17.5. The molecule has 0 radical (unpaired) electrons. The third-order valence-electron chi connectivity index (χ3n) is 4.83. The highest BCUT2D eigenvalue weighted by Crippen LogP contribution is 2.35. The third-order valence-corrected chi connectivity index (χ3v) is 6.91. The van der Waals surface area contributed by atoms with Crippen LogP contribution in [-0.4, -0.2) is 28.7 Å². The highest BCUT2D eigenvalue weighted by Gasteiger charge is 2.37. The Bertz CT molecular complexity index is 1320. The second-order valence-corrected chi connectivity index (χ2v) is 9.93. The van der Waals surface area contributed by atoms with Crippen molar-refractivity contribution in [2.24, 2.45) is 0 Å². The minimum Gasteiger partial charge on any atom is -0.256 e. The van der Waals surface area contributed by atoms with E-state index in [1.165, 1.54) is 15.1 Å². The molecule has 2 heterocycles. The molecule has 0 aliphatic carbocycles. The Morgan fingerprint density at radius 2 is 1.74 bits per heavy atom. The van der Waals surface area contributed by atoms with Crippen LogP contribution in [0.15, 0.2) is 77.8 Å². The van der Waals surface area contributed by atoms with E-state index in [0.29, 0.717) is 5.69 Å². The molecule has 6 nitrogen and oxygen atoms in total. The van der Waals surface area contributed by atoms with Crippen molar-refractivity contribution in [3.63, 3.8) is 0 Å². The minimum absolute atomic E-state index is 0.147. The number of aromatic nitrogens is 3. The summed E-state index contributed by atoms with van der Waals surface area (Å²) in [5.74, 6) is 0.264. The maximum absolute atomic E-state index is 13.7. The Balaban J connectivity index is 2.01. The Kier molecular flexibility index (Phi) is 5.26. The molecule has 0 saturated carbocycles. The standard InChI is InChI=1S/C23H23FN4O2S/c1-23(2,3)28(31(29,30)18-9-5-4-6-10-18)22-15-17(16-24)26-27(22)21-13-7-12-20-19(21)11-8-14-25-20/h4-15H,16H2,1-3H3. The number of hydrogen-bond acceptors (Lipinski definition) is 4. The predicted molar refractivity (Wildman–Crippen MR) is 120 cm³/mol. The third kappa shape index (κ3) is 3.79. The van der Waals surface area contributed by atoms with Gasteiger partial charge in [0.05, 0.1) is 21.8 Å². The lowest BCUT2D eigenvalue weighted by Crippen LogP contribution is -2.46. The molecule has 0 amide bonds. The number of halogens is 1. The molecule has 4 rings (SSSR count). The first-order chi connectivity index (χ1) is 14.7. The summed E-state index contributed by atoms with van der Waals surface area (Å²) in [5, 5.41) is 5.18. The first-order valence-corrected chi connectivity index (χ1v) is 11.3. The van der Waals surface area contributed by atoms with Gasteiger partial charge in [0.25, 0.3) is 10.0 Å². The van der Waals surface area contributed by atoms with Gasteiger partial charge < -0.3 is 0 Å². The number of benzene rings is 2. The summed E-state index contributed by atoms with van der Waals surface area (Å²) < 4.78 is 43.9. The van der Waals surface area contributed by atoms with Crippen molar-refractivity contribution < 1.29 is 12.8 Å². The normalized spacial score (nSPS) is 12.3. The highest BCUT2D eigenvalue weighted by atomic mass is 32.2. The second-order valence-electron chi connectivity index (χ2n) is 8.14. The van der Waals surface area contributed by atoms with Gasteiger partial charge in [-0.3, -0.25) is 4.98 Å². The van der Waals surface area contributed by atoms with Crippen molar-refractivity contribution >= 4 is 26.7 Å². The molecule has 2 aromatic heterocycles. The molecule has 4 aromatic rings. The summed E-state index contributed by atoms with van der Waals surface area (Å²) in [6, 6.07) is 18.9. The number of hydrogen-bond donors (Lipinski definition) is 0. The highest BCUT2D eigenvalue weighted by molar-refractivity contribution is 7.92.